The van der Waals surface area contributed by atoms with Gasteiger partial charge in [-0.15, -0.1) is 6.58 Å². The molecule has 0 spiro atoms. The number of carbonyl (C=O) groups is 1. The molecule has 1 amide bonds. The van der Waals surface area contributed by atoms with Gasteiger partial charge in [-0.05, 0) is 31.5 Å². The van der Waals surface area contributed by atoms with Gasteiger partial charge >= 0.3 is 0 Å². The molecule has 2 atom stereocenters. The van der Waals surface area contributed by atoms with Crippen LogP contribution in [-0.2, 0) is 4.79 Å². The summed E-state index contributed by atoms with van der Waals surface area (Å²) in [7, 11) is 0. The molecule has 3 nitrogen and oxygen atoms in total. The summed E-state index contributed by atoms with van der Waals surface area (Å²) >= 11 is 3.40. The molecule has 18 heavy (non-hydrogen) atoms. The van der Waals surface area contributed by atoms with E-state index in [1.54, 1.807) is 6.08 Å². The molecule has 0 saturated heterocycles. The van der Waals surface area contributed by atoms with Crippen LogP contribution in [-0.4, -0.2) is 18.5 Å². The highest BCUT2D eigenvalue weighted by Gasteiger charge is 2.15. The number of carbonyl (C=O) groups excluding carboxylic acids is 1. The van der Waals surface area contributed by atoms with Gasteiger partial charge in [-0.25, -0.2) is 0 Å². The molecule has 1 aromatic rings. The van der Waals surface area contributed by atoms with Gasteiger partial charge in [0.1, 0.15) is 0 Å². The number of rotatable bonds is 6. The second kappa shape index (κ2) is 7.34. The Bertz CT molecular complexity index is 403. The molecule has 98 valence electrons. The van der Waals surface area contributed by atoms with Gasteiger partial charge in [-0.1, -0.05) is 34.1 Å². The van der Waals surface area contributed by atoms with Crippen LogP contribution in [0.25, 0.3) is 0 Å². The van der Waals surface area contributed by atoms with Crippen molar-refractivity contribution in [2.24, 2.45) is 0 Å². The van der Waals surface area contributed by atoms with Crippen molar-refractivity contribution in [2.45, 2.75) is 25.9 Å². The first kappa shape index (κ1) is 14.9. The molecular formula is C14H19BrN2O. The van der Waals surface area contributed by atoms with Crippen LogP contribution in [0.2, 0.25) is 0 Å². The molecule has 4 heteroatoms. The monoisotopic (exact) mass is 310 g/mol. The molecule has 0 aliphatic carbocycles. The summed E-state index contributed by atoms with van der Waals surface area (Å²) in [5.41, 5.74) is 1.15. The van der Waals surface area contributed by atoms with E-state index in [0.29, 0.717) is 6.54 Å². The minimum atomic E-state index is -0.233. The molecule has 0 heterocycles. The van der Waals surface area contributed by atoms with Crippen molar-refractivity contribution in [1.29, 1.82) is 0 Å². The van der Waals surface area contributed by atoms with Crippen LogP contribution >= 0.6 is 15.9 Å². The number of hydrogen-bond donors (Lipinski definition) is 2. The molecule has 0 aromatic heterocycles. The first-order valence-corrected chi connectivity index (χ1v) is 6.74. The molecular weight excluding hydrogens is 292 g/mol. The van der Waals surface area contributed by atoms with E-state index < -0.39 is 0 Å². The van der Waals surface area contributed by atoms with Gasteiger partial charge in [0.15, 0.2) is 0 Å². The Labute approximate surface area is 117 Å². The maximum absolute atomic E-state index is 11.7. The van der Waals surface area contributed by atoms with E-state index in [0.717, 1.165) is 10.0 Å². The Morgan fingerprint density at radius 2 is 2.00 bits per heavy atom. The smallest absolute Gasteiger partial charge is 0.237 e. The first-order valence-electron chi connectivity index (χ1n) is 5.94. The van der Waals surface area contributed by atoms with Gasteiger partial charge in [0, 0.05) is 17.1 Å². The predicted molar refractivity (Wildman–Crippen MR) is 78.4 cm³/mol. The summed E-state index contributed by atoms with van der Waals surface area (Å²) in [6, 6.07) is 7.96. The molecule has 0 aliphatic heterocycles. The van der Waals surface area contributed by atoms with Crippen LogP contribution in [0.1, 0.15) is 25.5 Å². The summed E-state index contributed by atoms with van der Waals surface area (Å²) < 4.78 is 1.05. The van der Waals surface area contributed by atoms with Crippen molar-refractivity contribution in [2.75, 3.05) is 6.54 Å². The lowest BCUT2D eigenvalue weighted by Gasteiger charge is -2.19. The van der Waals surface area contributed by atoms with Gasteiger partial charge in [0.05, 0.1) is 6.04 Å². The molecule has 0 bridgehead atoms. The summed E-state index contributed by atoms with van der Waals surface area (Å²) in [6.07, 6.45) is 1.67. The normalized spacial score (nSPS) is 13.7. The van der Waals surface area contributed by atoms with Gasteiger partial charge in [-0.2, -0.15) is 0 Å². The van der Waals surface area contributed by atoms with Gasteiger partial charge < -0.3 is 5.32 Å². The van der Waals surface area contributed by atoms with Crippen molar-refractivity contribution in [3.05, 3.63) is 47.0 Å². The zero-order chi connectivity index (χ0) is 13.5. The zero-order valence-corrected chi connectivity index (χ0v) is 12.3. The summed E-state index contributed by atoms with van der Waals surface area (Å²) in [5.74, 6) is -0.0149. The van der Waals surface area contributed by atoms with Crippen LogP contribution in [0.15, 0.2) is 41.4 Å². The predicted octanol–water partition coefficient (Wildman–Crippen LogP) is 2.79. The number of amides is 1. The highest BCUT2D eigenvalue weighted by atomic mass is 79.9. The molecule has 2 N–H and O–H groups in total. The SMILES string of the molecule is C=CCNC(=O)C(C)NC(C)c1ccc(Br)cc1. The van der Waals surface area contributed by atoms with Crippen molar-refractivity contribution >= 4 is 21.8 Å². The maximum atomic E-state index is 11.7. The second-order valence-corrected chi connectivity index (χ2v) is 5.11. The van der Waals surface area contributed by atoms with E-state index in [9.17, 15) is 4.79 Å². The highest BCUT2D eigenvalue weighted by molar-refractivity contribution is 9.10. The maximum Gasteiger partial charge on any atom is 0.237 e. The van der Waals surface area contributed by atoms with E-state index in [2.05, 4.69) is 33.1 Å². The summed E-state index contributed by atoms with van der Waals surface area (Å²) in [6.45, 7) is 7.96. The number of halogens is 1. The van der Waals surface area contributed by atoms with Crippen molar-refractivity contribution < 1.29 is 4.79 Å². The lowest BCUT2D eigenvalue weighted by molar-refractivity contribution is -0.122. The first-order chi connectivity index (χ1) is 8.54. The van der Waals surface area contributed by atoms with Gasteiger partial charge in [0.25, 0.3) is 0 Å². The lowest BCUT2D eigenvalue weighted by Crippen LogP contribution is -2.43. The minimum Gasteiger partial charge on any atom is -0.351 e. The molecule has 1 rings (SSSR count). The fourth-order valence-corrected chi connectivity index (χ4v) is 1.89. The topological polar surface area (TPSA) is 41.1 Å². The Hall–Kier alpha value is -1.13. The molecule has 0 fully saturated rings. The third-order valence-corrected chi connectivity index (χ3v) is 3.21. The molecule has 1 aromatic carbocycles. The number of hydrogen-bond acceptors (Lipinski definition) is 2. The van der Waals surface area contributed by atoms with Crippen LogP contribution in [0.5, 0.6) is 0 Å². The summed E-state index contributed by atoms with van der Waals surface area (Å²) in [4.78, 5) is 11.7. The van der Waals surface area contributed by atoms with Crippen LogP contribution in [0, 0.1) is 0 Å². The fourth-order valence-electron chi connectivity index (χ4n) is 1.62. The van der Waals surface area contributed by atoms with Crippen LogP contribution in [0.4, 0.5) is 0 Å². The minimum absolute atomic E-state index is 0.0149. The van der Waals surface area contributed by atoms with Gasteiger partial charge in [0.2, 0.25) is 5.91 Å². The number of nitrogens with one attached hydrogen (secondary N) is 2. The van der Waals surface area contributed by atoms with Crippen molar-refractivity contribution in [3.8, 4) is 0 Å². The van der Waals surface area contributed by atoms with Crippen LogP contribution < -0.4 is 10.6 Å². The largest absolute Gasteiger partial charge is 0.351 e. The van der Waals surface area contributed by atoms with E-state index in [-0.39, 0.29) is 18.0 Å². The Morgan fingerprint density at radius 3 is 2.56 bits per heavy atom. The van der Waals surface area contributed by atoms with Crippen molar-refractivity contribution in [3.63, 3.8) is 0 Å². The zero-order valence-electron chi connectivity index (χ0n) is 10.7. The average molecular weight is 311 g/mol. The molecule has 0 saturated carbocycles. The quantitative estimate of drug-likeness (QED) is 0.793. The van der Waals surface area contributed by atoms with E-state index in [4.69, 9.17) is 0 Å². The average Bonchev–Trinajstić information content (AvgIpc) is 2.36. The third kappa shape index (κ3) is 4.63. The Balaban J connectivity index is 2.53. The standard InChI is InChI=1S/C14H19BrN2O/c1-4-9-16-14(18)11(3)17-10(2)12-5-7-13(15)8-6-12/h4-8,10-11,17H,1,9H2,2-3H3,(H,16,18). The Morgan fingerprint density at radius 1 is 1.39 bits per heavy atom. The van der Waals surface area contributed by atoms with Gasteiger partial charge in [-0.3, -0.25) is 10.1 Å². The third-order valence-electron chi connectivity index (χ3n) is 2.68. The van der Waals surface area contributed by atoms with E-state index >= 15 is 0 Å². The molecule has 0 aliphatic rings. The van der Waals surface area contributed by atoms with Crippen molar-refractivity contribution in [1.82, 2.24) is 10.6 Å². The van der Waals surface area contributed by atoms with Crippen LogP contribution in [0.3, 0.4) is 0 Å². The molecule has 2 unspecified atom stereocenters. The lowest BCUT2D eigenvalue weighted by atomic mass is 10.1. The molecule has 0 radical (unpaired) electrons. The Kier molecular flexibility index (Phi) is 6.09. The van der Waals surface area contributed by atoms with E-state index in [1.807, 2.05) is 38.1 Å². The highest BCUT2D eigenvalue weighted by Crippen LogP contribution is 2.16. The van der Waals surface area contributed by atoms with E-state index in [1.165, 1.54) is 0 Å². The number of benzene rings is 1. The second-order valence-electron chi connectivity index (χ2n) is 4.20. The summed E-state index contributed by atoms with van der Waals surface area (Å²) in [5, 5.41) is 6.03. The fraction of sp³-hybridized carbons (Fsp3) is 0.357.